The van der Waals surface area contributed by atoms with E-state index in [9.17, 15) is 4.79 Å². The smallest absolute Gasteiger partial charge is 0.230 e. The summed E-state index contributed by atoms with van der Waals surface area (Å²) in [6.07, 6.45) is 0. The van der Waals surface area contributed by atoms with Gasteiger partial charge >= 0.3 is 0 Å². The topological polar surface area (TPSA) is 29.1 Å². The molecule has 0 saturated carbocycles. The lowest BCUT2D eigenvalue weighted by molar-refractivity contribution is -0.118. The number of carbonyl (C=O) groups excluding carboxylic acids is 1. The van der Waals surface area contributed by atoms with Gasteiger partial charge in [-0.15, -0.1) is 11.8 Å². The third-order valence-electron chi connectivity index (χ3n) is 3.27. The van der Waals surface area contributed by atoms with Crippen LogP contribution in [0.4, 0.5) is 0 Å². The Kier molecular flexibility index (Phi) is 9.35. The maximum atomic E-state index is 11.8. The van der Waals surface area contributed by atoms with E-state index in [2.05, 4.69) is 5.32 Å². The van der Waals surface area contributed by atoms with E-state index in [1.807, 2.05) is 36.4 Å². The van der Waals surface area contributed by atoms with Crippen molar-refractivity contribution in [2.45, 2.75) is 11.5 Å². The predicted molar refractivity (Wildman–Crippen MR) is 113 cm³/mol. The Hall–Kier alpha value is -0.520. The number of nitrogens with one attached hydrogen (secondary N) is 1. The van der Waals surface area contributed by atoms with E-state index in [0.717, 1.165) is 33.4 Å². The Morgan fingerprint density at radius 2 is 1.72 bits per heavy atom. The van der Waals surface area contributed by atoms with Gasteiger partial charge in [0.05, 0.1) is 15.8 Å². The molecule has 0 spiro atoms. The molecular formula is C18H18Cl3NOS2. The Balaban J connectivity index is 1.56. The number of carbonyl (C=O) groups is 1. The second-order valence-corrected chi connectivity index (χ2v) is 8.55. The second kappa shape index (κ2) is 11.2. The van der Waals surface area contributed by atoms with Gasteiger partial charge in [0, 0.05) is 28.8 Å². The molecule has 0 saturated heterocycles. The molecule has 2 aromatic rings. The van der Waals surface area contributed by atoms with Crippen molar-refractivity contribution in [2.75, 3.05) is 18.1 Å². The maximum absolute atomic E-state index is 11.8. The van der Waals surface area contributed by atoms with E-state index < -0.39 is 0 Å². The van der Waals surface area contributed by atoms with E-state index in [4.69, 9.17) is 34.8 Å². The summed E-state index contributed by atoms with van der Waals surface area (Å²) in [5.41, 5.74) is 2.18. The SMILES string of the molecule is O=C(CSCc1ccccc1Cl)NCCSCc1ccc(Cl)c(Cl)c1. The van der Waals surface area contributed by atoms with E-state index in [0.29, 0.717) is 22.3 Å². The van der Waals surface area contributed by atoms with Gasteiger partial charge in [-0.1, -0.05) is 59.1 Å². The average molecular weight is 435 g/mol. The van der Waals surface area contributed by atoms with E-state index in [1.165, 1.54) is 0 Å². The van der Waals surface area contributed by atoms with Crippen LogP contribution in [-0.4, -0.2) is 24.0 Å². The Labute approximate surface area is 172 Å². The lowest BCUT2D eigenvalue weighted by Gasteiger charge is -2.07. The minimum Gasteiger partial charge on any atom is -0.355 e. The number of amides is 1. The van der Waals surface area contributed by atoms with Crippen molar-refractivity contribution in [3.8, 4) is 0 Å². The summed E-state index contributed by atoms with van der Waals surface area (Å²) < 4.78 is 0. The molecule has 2 aromatic carbocycles. The molecule has 0 bridgehead atoms. The van der Waals surface area contributed by atoms with Crippen molar-refractivity contribution in [3.05, 3.63) is 68.7 Å². The molecule has 134 valence electrons. The van der Waals surface area contributed by atoms with Crippen LogP contribution in [0.1, 0.15) is 11.1 Å². The lowest BCUT2D eigenvalue weighted by atomic mass is 10.2. The summed E-state index contributed by atoms with van der Waals surface area (Å²) in [6, 6.07) is 13.3. The van der Waals surface area contributed by atoms with Crippen molar-refractivity contribution < 1.29 is 4.79 Å². The second-order valence-electron chi connectivity index (χ2n) is 5.24. The zero-order valence-corrected chi connectivity index (χ0v) is 17.3. The zero-order valence-electron chi connectivity index (χ0n) is 13.4. The molecule has 0 heterocycles. The number of hydrogen-bond acceptors (Lipinski definition) is 3. The van der Waals surface area contributed by atoms with Gasteiger partial charge in [0.15, 0.2) is 0 Å². The van der Waals surface area contributed by atoms with Gasteiger partial charge in [0.25, 0.3) is 0 Å². The van der Waals surface area contributed by atoms with Crippen molar-refractivity contribution in [3.63, 3.8) is 0 Å². The number of hydrogen-bond donors (Lipinski definition) is 1. The molecule has 0 aromatic heterocycles. The molecule has 2 nitrogen and oxygen atoms in total. The summed E-state index contributed by atoms with van der Waals surface area (Å²) in [4.78, 5) is 11.8. The van der Waals surface area contributed by atoms with Gasteiger partial charge in [-0.25, -0.2) is 0 Å². The summed E-state index contributed by atoms with van der Waals surface area (Å²) >= 11 is 21.3. The fourth-order valence-corrected chi connectivity index (χ4v) is 4.27. The quantitative estimate of drug-likeness (QED) is 0.496. The van der Waals surface area contributed by atoms with E-state index in [-0.39, 0.29) is 5.91 Å². The highest BCUT2D eigenvalue weighted by Crippen LogP contribution is 2.24. The molecular weight excluding hydrogens is 417 g/mol. The summed E-state index contributed by atoms with van der Waals surface area (Å²) in [6.45, 7) is 0.650. The monoisotopic (exact) mass is 433 g/mol. The molecule has 25 heavy (non-hydrogen) atoms. The standard InChI is InChI=1S/C18H18Cl3NOS2/c19-15-4-2-1-3-14(15)11-25-12-18(23)22-7-8-24-10-13-5-6-16(20)17(21)9-13/h1-6,9H,7-8,10-12H2,(H,22,23). The van der Waals surface area contributed by atoms with Gasteiger partial charge in [0.2, 0.25) is 5.91 Å². The largest absolute Gasteiger partial charge is 0.355 e. The van der Waals surface area contributed by atoms with Gasteiger partial charge in [0.1, 0.15) is 0 Å². The first-order valence-electron chi connectivity index (χ1n) is 7.66. The summed E-state index contributed by atoms with van der Waals surface area (Å²) in [7, 11) is 0. The highest BCUT2D eigenvalue weighted by atomic mass is 35.5. The fourth-order valence-electron chi connectivity index (χ4n) is 2.00. The molecule has 0 unspecified atom stereocenters. The molecule has 1 N–H and O–H groups in total. The van der Waals surface area contributed by atoms with Gasteiger partial charge < -0.3 is 5.32 Å². The Morgan fingerprint density at radius 1 is 0.920 bits per heavy atom. The molecule has 2 rings (SSSR count). The van der Waals surface area contributed by atoms with E-state index in [1.54, 1.807) is 29.6 Å². The summed E-state index contributed by atoms with van der Waals surface area (Å²) in [5, 5.41) is 4.81. The third kappa shape index (κ3) is 7.71. The molecule has 1 amide bonds. The molecule has 0 aliphatic heterocycles. The number of rotatable bonds is 9. The highest BCUT2D eigenvalue weighted by Gasteiger charge is 2.04. The molecule has 0 fully saturated rings. The van der Waals surface area contributed by atoms with Crippen molar-refractivity contribution in [2.24, 2.45) is 0 Å². The van der Waals surface area contributed by atoms with Crippen LogP contribution in [0.2, 0.25) is 15.1 Å². The molecule has 0 atom stereocenters. The number of thioether (sulfide) groups is 2. The maximum Gasteiger partial charge on any atom is 0.230 e. The van der Waals surface area contributed by atoms with E-state index >= 15 is 0 Å². The third-order valence-corrected chi connectivity index (χ3v) is 6.39. The first kappa shape index (κ1) is 20.8. The number of benzene rings is 2. The van der Waals surface area contributed by atoms with Crippen LogP contribution in [0, 0.1) is 0 Å². The minimum atomic E-state index is 0.0483. The highest BCUT2D eigenvalue weighted by molar-refractivity contribution is 7.99. The lowest BCUT2D eigenvalue weighted by Crippen LogP contribution is -2.27. The normalized spacial score (nSPS) is 10.7. The molecule has 0 aliphatic carbocycles. The molecule has 0 aliphatic rings. The van der Waals surface area contributed by atoms with Crippen LogP contribution in [-0.2, 0) is 16.3 Å². The van der Waals surface area contributed by atoms with Crippen LogP contribution < -0.4 is 5.32 Å². The zero-order chi connectivity index (χ0) is 18.1. The Morgan fingerprint density at radius 3 is 2.48 bits per heavy atom. The van der Waals surface area contributed by atoms with Crippen LogP contribution in [0.3, 0.4) is 0 Å². The van der Waals surface area contributed by atoms with Gasteiger partial charge in [-0.2, -0.15) is 11.8 Å². The average Bonchev–Trinajstić information content (AvgIpc) is 2.59. The van der Waals surface area contributed by atoms with Crippen LogP contribution in [0.25, 0.3) is 0 Å². The van der Waals surface area contributed by atoms with Gasteiger partial charge in [-0.05, 0) is 29.3 Å². The van der Waals surface area contributed by atoms with Crippen molar-refractivity contribution in [1.29, 1.82) is 0 Å². The Bertz CT molecular complexity index is 712. The fraction of sp³-hybridized carbons (Fsp3) is 0.278. The van der Waals surface area contributed by atoms with Crippen LogP contribution >= 0.6 is 58.3 Å². The predicted octanol–water partition coefficient (Wildman–Crippen LogP) is 5.93. The van der Waals surface area contributed by atoms with Crippen LogP contribution in [0.15, 0.2) is 42.5 Å². The molecule has 7 heteroatoms. The summed E-state index contributed by atoms with van der Waals surface area (Å²) in [5.74, 6) is 2.91. The molecule has 0 radical (unpaired) electrons. The van der Waals surface area contributed by atoms with Crippen molar-refractivity contribution >= 4 is 64.2 Å². The first-order chi connectivity index (χ1) is 12.1. The first-order valence-corrected chi connectivity index (χ1v) is 11.1. The van der Waals surface area contributed by atoms with Crippen molar-refractivity contribution in [1.82, 2.24) is 5.32 Å². The minimum absolute atomic E-state index is 0.0483. The van der Waals surface area contributed by atoms with Crippen LogP contribution in [0.5, 0.6) is 0 Å². The van der Waals surface area contributed by atoms with Gasteiger partial charge in [-0.3, -0.25) is 4.79 Å². The number of halogens is 3.